The SMILES string of the molecule is COC(=O)c1c(-c2ccccc2Cl)csc1NC(=O)COC(=O)c1ccc(Cn2cccn2)o1. The fourth-order valence-electron chi connectivity index (χ4n) is 3.12. The molecule has 0 saturated heterocycles. The molecule has 11 heteroatoms. The van der Waals surface area contributed by atoms with Crippen LogP contribution in [0.4, 0.5) is 5.00 Å². The Kier molecular flexibility index (Phi) is 7.09. The Labute approximate surface area is 202 Å². The number of hydrogen-bond acceptors (Lipinski definition) is 8. The van der Waals surface area contributed by atoms with Gasteiger partial charge in [0.05, 0.1) is 13.7 Å². The van der Waals surface area contributed by atoms with Gasteiger partial charge in [0.25, 0.3) is 5.91 Å². The molecular formula is C23H18ClN3O6S. The summed E-state index contributed by atoms with van der Waals surface area (Å²) in [5.41, 5.74) is 1.31. The van der Waals surface area contributed by atoms with E-state index < -0.39 is 24.5 Å². The van der Waals surface area contributed by atoms with Gasteiger partial charge in [-0.2, -0.15) is 5.10 Å². The molecule has 0 atom stereocenters. The van der Waals surface area contributed by atoms with Gasteiger partial charge in [-0.3, -0.25) is 9.48 Å². The number of amides is 1. The Balaban J connectivity index is 1.41. The minimum absolute atomic E-state index is 0.0395. The van der Waals surface area contributed by atoms with Crippen molar-refractivity contribution in [1.82, 2.24) is 9.78 Å². The largest absolute Gasteiger partial charge is 0.465 e. The molecule has 9 nitrogen and oxygen atoms in total. The summed E-state index contributed by atoms with van der Waals surface area (Å²) >= 11 is 7.40. The molecule has 0 aliphatic carbocycles. The number of methoxy groups -OCH3 is 1. The first-order chi connectivity index (χ1) is 16.5. The van der Waals surface area contributed by atoms with Crippen LogP contribution in [0.1, 0.15) is 26.7 Å². The van der Waals surface area contributed by atoms with E-state index in [9.17, 15) is 14.4 Å². The molecule has 0 bridgehead atoms. The first kappa shape index (κ1) is 23.3. The van der Waals surface area contributed by atoms with E-state index in [1.807, 2.05) is 0 Å². The van der Waals surface area contributed by atoms with Gasteiger partial charge in [0.2, 0.25) is 5.76 Å². The van der Waals surface area contributed by atoms with Gasteiger partial charge in [0, 0.05) is 33.9 Å². The van der Waals surface area contributed by atoms with Crippen LogP contribution in [0.2, 0.25) is 5.02 Å². The highest BCUT2D eigenvalue weighted by molar-refractivity contribution is 7.15. The quantitative estimate of drug-likeness (QED) is 0.355. The number of esters is 2. The van der Waals surface area contributed by atoms with E-state index in [1.54, 1.807) is 58.9 Å². The van der Waals surface area contributed by atoms with Crippen molar-refractivity contribution in [2.75, 3.05) is 19.0 Å². The second kappa shape index (κ2) is 10.4. The number of thiophene rings is 1. The number of benzene rings is 1. The number of furan rings is 1. The highest BCUT2D eigenvalue weighted by atomic mass is 35.5. The number of carbonyl (C=O) groups is 3. The van der Waals surface area contributed by atoms with Gasteiger partial charge in [0.15, 0.2) is 6.61 Å². The van der Waals surface area contributed by atoms with Crippen molar-refractivity contribution in [1.29, 1.82) is 0 Å². The number of halogens is 1. The summed E-state index contributed by atoms with van der Waals surface area (Å²) in [7, 11) is 1.24. The number of anilines is 1. The van der Waals surface area contributed by atoms with Crippen LogP contribution in [0.25, 0.3) is 11.1 Å². The molecule has 4 aromatic rings. The average Bonchev–Trinajstić information content (AvgIpc) is 3.59. The summed E-state index contributed by atoms with van der Waals surface area (Å²) in [5, 5.41) is 9.05. The van der Waals surface area contributed by atoms with E-state index in [4.69, 9.17) is 25.5 Å². The van der Waals surface area contributed by atoms with Crippen LogP contribution in [0, 0.1) is 0 Å². The smallest absolute Gasteiger partial charge is 0.374 e. The molecule has 174 valence electrons. The topological polar surface area (TPSA) is 113 Å². The van der Waals surface area contributed by atoms with E-state index in [0.717, 1.165) is 11.3 Å². The second-order valence-corrected chi connectivity index (χ2v) is 8.21. The standard InChI is InChI=1S/C23H18ClN3O6S/c1-31-23(30)20-16(15-5-2-3-6-17(15)24)13-34-21(20)26-19(28)12-32-22(29)18-8-7-14(33-18)11-27-10-4-9-25-27/h2-10,13H,11-12H2,1H3,(H,26,28). The second-order valence-electron chi connectivity index (χ2n) is 6.92. The molecule has 1 amide bonds. The highest BCUT2D eigenvalue weighted by Crippen LogP contribution is 2.39. The monoisotopic (exact) mass is 499 g/mol. The van der Waals surface area contributed by atoms with Crippen molar-refractivity contribution >= 4 is 45.8 Å². The first-order valence-corrected chi connectivity index (χ1v) is 11.2. The van der Waals surface area contributed by atoms with Crippen LogP contribution in [0.3, 0.4) is 0 Å². The molecule has 0 unspecified atom stereocenters. The molecule has 1 aromatic carbocycles. The molecule has 0 fully saturated rings. The van der Waals surface area contributed by atoms with Gasteiger partial charge in [-0.25, -0.2) is 9.59 Å². The zero-order valence-electron chi connectivity index (χ0n) is 17.8. The summed E-state index contributed by atoms with van der Waals surface area (Å²) in [4.78, 5) is 37.1. The lowest BCUT2D eigenvalue weighted by atomic mass is 10.0. The van der Waals surface area contributed by atoms with Gasteiger partial charge in [-0.1, -0.05) is 29.8 Å². The molecule has 0 aliphatic heterocycles. The molecule has 0 radical (unpaired) electrons. The van der Waals surface area contributed by atoms with Crippen molar-refractivity contribution in [2.45, 2.75) is 6.54 Å². The Morgan fingerprint density at radius 1 is 1.12 bits per heavy atom. The zero-order valence-corrected chi connectivity index (χ0v) is 19.4. The lowest BCUT2D eigenvalue weighted by molar-refractivity contribution is -0.119. The summed E-state index contributed by atoms with van der Waals surface area (Å²) in [6.07, 6.45) is 3.39. The molecule has 3 aromatic heterocycles. The highest BCUT2D eigenvalue weighted by Gasteiger charge is 2.24. The summed E-state index contributed by atoms with van der Waals surface area (Å²) in [6.45, 7) is -0.225. The molecule has 1 N–H and O–H groups in total. The number of carbonyl (C=O) groups excluding carboxylic acids is 3. The van der Waals surface area contributed by atoms with Gasteiger partial charge in [-0.15, -0.1) is 11.3 Å². The van der Waals surface area contributed by atoms with Crippen molar-refractivity contribution in [3.8, 4) is 11.1 Å². The third-order valence-corrected chi connectivity index (χ3v) is 5.90. The molecule has 4 rings (SSSR count). The lowest BCUT2D eigenvalue weighted by Crippen LogP contribution is -2.21. The fourth-order valence-corrected chi connectivity index (χ4v) is 4.33. The molecular weight excluding hydrogens is 482 g/mol. The average molecular weight is 500 g/mol. The van der Waals surface area contributed by atoms with E-state index in [2.05, 4.69) is 10.4 Å². The first-order valence-electron chi connectivity index (χ1n) is 9.94. The third-order valence-electron chi connectivity index (χ3n) is 4.67. The molecule has 3 heterocycles. The van der Waals surface area contributed by atoms with E-state index in [1.165, 1.54) is 13.2 Å². The summed E-state index contributed by atoms with van der Waals surface area (Å²) in [6, 6.07) is 11.9. The number of ether oxygens (including phenoxy) is 2. The minimum atomic E-state index is -0.794. The predicted molar refractivity (Wildman–Crippen MR) is 125 cm³/mol. The lowest BCUT2D eigenvalue weighted by Gasteiger charge is -2.09. The Morgan fingerprint density at radius 3 is 2.68 bits per heavy atom. The van der Waals surface area contributed by atoms with Crippen molar-refractivity contribution in [2.24, 2.45) is 0 Å². The van der Waals surface area contributed by atoms with Crippen LogP contribution in [0.5, 0.6) is 0 Å². The number of nitrogens with one attached hydrogen (secondary N) is 1. The predicted octanol–water partition coefficient (Wildman–Crippen LogP) is 4.49. The van der Waals surface area contributed by atoms with Crippen LogP contribution >= 0.6 is 22.9 Å². The zero-order chi connectivity index (χ0) is 24.1. The van der Waals surface area contributed by atoms with E-state index >= 15 is 0 Å². The minimum Gasteiger partial charge on any atom is -0.465 e. The maximum Gasteiger partial charge on any atom is 0.374 e. The fraction of sp³-hybridized carbons (Fsp3) is 0.130. The van der Waals surface area contributed by atoms with E-state index in [-0.39, 0.29) is 16.3 Å². The number of rotatable bonds is 8. The number of aromatic nitrogens is 2. The normalized spacial score (nSPS) is 10.6. The molecule has 0 saturated carbocycles. The Morgan fingerprint density at radius 2 is 1.94 bits per heavy atom. The Hall–Kier alpha value is -3.89. The van der Waals surface area contributed by atoms with Crippen LogP contribution in [-0.4, -0.2) is 41.3 Å². The van der Waals surface area contributed by atoms with Crippen molar-refractivity contribution in [3.63, 3.8) is 0 Å². The third kappa shape index (κ3) is 5.19. The van der Waals surface area contributed by atoms with Crippen molar-refractivity contribution in [3.05, 3.63) is 82.3 Å². The maximum absolute atomic E-state index is 12.4. The van der Waals surface area contributed by atoms with Crippen LogP contribution < -0.4 is 5.32 Å². The van der Waals surface area contributed by atoms with Gasteiger partial charge >= 0.3 is 11.9 Å². The maximum atomic E-state index is 12.4. The molecule has 0 aliphatic rings. The summed E-state index contributed by atoms with van der Waals surface area (Å²) < 4.78 is 17.0. The Bertz CT molecular complexity index is 1330. The van der Waals surface area contributed by atoms with Crippen LogP contribution in [0.15, 0.2) is 64.7 Å². The van der Waals surface area contributed by atoms with Gasteiger partial charge in [0.1, 0.15) is 16.3 Å². The van der Waals surface area contributed by atoms with E-state index in [0.29, 0.717) is 28.5 Å². The number of nitrogens with zero attached hydrogens (tertiary/aromatic N) is 2. The molecule has 34 heavy (non-hydrogen) atoms. The molecule has 0 spiro atoms. The van der Waals surface area contributed by atoms with Gasteiger partial charge < -0.3 is 19.2 Å². The van der Waals surface area contributed by atoms with Crippen molar-refractivity contribution < 1.29 is 28.3 Å². The summed E-state index contributed by atoms with van der Waals surface area (Å²) in [5.74, 6) is -1.59. The number of hydrogen-bond donors (Lipinski definition) is 1. The van der Waals surface area contributed by atoms with Crippen LogP contribution in [-0.2, 0) is 20.8 Å². The van der Waals surface area contributed by atoms with Gasteiger partial charge in [-0.05, 0) is 24.3 Å².